The van der Waals surface area contributed by atoms with E-state index in [2.05, 4.69) is 0 Å². The average Bonchev–Trinajstić information content (AvgIpc) is 2.38. The van der Waals surface area contributed by atoms with E-state index in [9.17, 15) is 9.50 Å². The average molecular weight is 230 g/mol. The van der Waals surface area contributed by atoms with E-state index >= 15 is 0 Å². The topological polar surface area (TPSA) is 20.2 Å². The Hall–Kier alpha value is -1.67. The van der Waals surface area contributed by atoms with Gasteiger partial charge in [-0.3, -0.25) is 0 Å². The highest BCUT2D eigenvalue weighted by molar-refractivity contribution is 5.35. The monoisotopic (exact) mass is 230 g/mol. The van der Waals surface area contributed by atoms with Crippen LogP contribution in [0.3, 0.4) is 0 Å². The molecule has 1 atom stereocenters. The number of rotatable bonds is 3. The summed E-state index contributed by atoms with van der Waals surface area (Å²) in [6.45, 7) is 2.04. The summed E-state index contributed by atoms with van der Waals surface area (Å²) in [5.74, 6) is -0.324. The molecule has 0 saturated heterocycles. The Labute approximate surface area is 101 Å². The van der Waals surface area contributed by atoms with Crippen LogP contribution in [0.5, 0.6) is 0 Å². The van der Waals surface area contributed by atoms with Crippen molar-refractivity contribution in [2.45, 2.75) is 19.4 Å². The molecule has 2 heteroatoms. The van der Waals surface area contributed by atoms with Crippen LogP contribution in [0.4, 0.5) is 4.39 Å². The van der Waals surface area contributed by atoms with E-state index in [1.54, 1.807) is 12.1 Å². The van der Waals surface area contributed by atoms with E-state index in [4.69, 9.17) is 0 Å². The summed E-state index contributed by atoms with van der Waals surface area (Å²) in [4.78, 5) is 0. The zero-order valence-electron chi connectivity index (χ0n) is 9.73. The Balaban J connectivity index is 2.40. The van der Waals surface area contributed by atoms with Crippen molar-refractivity contribution in [3.8, 4) is 0 Å². The van der Waals surface area contributed by atoms with Gasteiger partial charge >= 0.3 is 0 Å². The molecule has 0 bridgehead atoms. The van der Waals surface area contributed by atoms with Crippen molar-refractivity contribution >= 4 is 0 Å². The van der Waals surface area contributed by atoms with Gasteiger partial charge in [0.1, 0.15) is 11.9 Å². The summed E-state index contributed by atoms with van der Waals surface area (Å²) >= 11 is 0. The summed E-state index contributed by atoms with van der Waals surface area (Å²) in [7, 11) is 0. The van der Waals surface area contributed by atoms with Crippen molar-refractivity contribution in [2.75, 3.05) is 0 Å². The van der Waals surface area contributed by atoms with Crippen molar-refractivity contribution < 1.29 is 9.50 Å². The van der Waals surface area contributed by atoms with E-state index in [1.165, 1.54) is 12.1 Å². The molecule has 2 aromatic rings. The van der Waals surface area contributed by atoms with Gasteiger partial charge < -0.3 is 5.11 Å². The fraction of sp³-hybridized carbons (Fsp3) is 0.200. The summed E-state index contributed by atoms with van der Waals surface area (Å²) < 4.78 is 13.1. The maximum Gasteiger partial charge on any atom is 0.123 e. The van der Waals surface area contributed by atoms with Gasteiger partial charge in [0.2, 0.25) is 0 Å². The molecule has 1 unspecified atom stereocenters. The minimum atomic E-state index is -0.762. The minimum absolute atomic E-state index is 0.324. The molecular formula is C15H15FO. The summed E-state index contributed by atoms with van der Waals surface area (Å²) in [6, 6.07) is 13.8. The lowest BCUT2D eigenvalue weighted by Gasteiger charge is -2.15. The Morgan fingerprint density at radius 3 is 2.59 bits per heavy atom. The maximum atomic E-state index is 13.1. The van der Waals surface area contributed by atoms with Crippen molar-refractivity contribution in [3.05, 3.63) is 71.0 Å². The third kappa shape index (κ3) is 2.53. The molecule has 0 aliphatic heterocycles. The molecule has 88 valence electrons. The first-order chi connectivity index (χ1) is 8.22. The summed E-state index contributed by atoms with van der Waals surface area (Å²) in [6.07, 6.45) is 0.0876. The molecule has 0 spiro atoms. The fourth-order valence-electron chi connectivity index (χ4n) is 1.98. The third-order valence-electron chi connectivity index (χ3n) is 2.89. The van der Waals surface area contributed by atoms with Gasteiger partial charge in [-0.25, -0.2) is 4.39 Å². The molecule has 0 amide bonds. The molecule has 2 rings (SSSR count). The highest BCUT2D eigenvalue weighted by Crippen LogP contribution is 2.25. The van der Waals surface area contributed by atoms with E-state index in [1.807, 2.05) is 31.2 Å². The summed E-state index contributed by atoms with van der Waals surface area (Å²) in [5, 5.41) is 10.3. The lowest BCUT2D eigenvalue weighted by Crippen LogP contribution is -2.03. The van der Waals surface area contributed by atoms with E-state index in [0.29, 0.717) is 5.56 Å². The Kier molecular flexibility index (Phi) is 3.55. The van der Waals surface area contributed by atoms with Gasteiger partial charge in [-0.2, -0.15) is 0 Å². The van der Waals surface area contributed by atoms with Gasteiger partial charge in [-0.15, -0.1) is 0 Å². The predicted octanol–water partition coefficient (Wildman–Crippen LogP) is 3.47. The van der Waals surface area contributed by atoms with Gasteiger partial charge in [0.05, 0.1) is 0 Å². The number of aliphatic hydroxyl groups is 1. The molecule has 0 aliphatic carbocycles. The standard InChI is InChI=1S/C15H15FO/c1-2-11-6-3-4-9-14(11)15(17)12-7-5-8-13(16)10-12/h3-10,15,17H,2H2,1H3. The van der Waals surface area contributed by atoms with Crippen LogP contribution in [-0.4, -0.2) is 5.11 Å². The lowest BCUT2D eigenvalue weighted by atomic mass is 9.95. The van der Waals surface area contributed by atoms with Crippen LogP contribution in [0.1, 0.15) is 29.7 Å². The van der Waals surface area contributed by atoms with Crippen molar-refractivity contribution in [1.82, 2.24) is 0 Å². The second kappa shape index (κ2) is 5.11. The minimum Gasteiger partial charge on any atom is -0.384 e. The molecule has 1 nitrogen and oxygen atoms in total. The van der Waals surface area contributed by atoms with Gasteiger partial charge in [-0.05, 0) is 35.2 Å². The molecule has 1 N–H and O–H groups in total. The SMILES string of the molecule is CCc1ccccc1C(O)c1cccc(F)c1. The van der Waals surface area contributed by atoms with Crippen LogP contribution in [0.25, 0.3) is 0 Å². The fourth-order valence-corrected chi connectivity index (χ4v) is 1.98. The zero-order chi connectivity index (χ0) is 12.3. The van der Waals surface area contributed by atoms with Gasteiger partial charge in [0, 0.05) is 0 Å². The molecule has 0 aromatic heterocycles. The first-order valence-electron chi connectivity index (χ1n) is 5.73. The Bertz CT molecular complexity index is 508. The summed E-state index contributed by atoms with van der Waals surface area (Å²) in [5.41, 5.74) is 2.52. The van der Waals surface area contributed by atoms with Crippen LogP contribution >= 0.6 is 0 Å². The molecule has 0 radical (unpaired) electrons. The highest BCUT2D eigenvalue weighted by atomic mass is 19.1. The number of hydrogen-bond acceptors (Lipinski definition) is 1. The number of aryl methyl sites for hydroxylation is 1. The van der Waals surface area contributed by atoms with Crippen LogP contribution in [-0.2, 0) is 6.42 Å². The van der Waals surface area contributed by atoms with E-state index in [0.717, 1.165) is 17.5 Å². The molecule has 0 fully saturated rings. The van der Waals surface area contributed by atoms with Gasteiger partial charge in [0.15, 0.2) is 0 Å². The lowest BCUT2D eigenvalue weighted by molar-refractivity contribution is 0.218. The Morgan fingerprint density at radius 2 is 1.88 bits per heavy atom. The molecule has 0 saturated carbocycles. The van der Waals surface area contributed by atoms with Crippen LogP contribution in [0.15, 0.2) is 48.5 Å². The third-order valence-corrected chi connectivity index (χ3v) is 2.89. The maximum absolute atomic E-state index is 13.1. The molecule has 0 heterocycles. The van der Waals surface area contributed by atoms with E-state index in [-0.39, 0.29) is 5.82 Å². The second-order valence-electron chi connectivity index (χ2n) is 4.01. The molecular weight excluding hydrogens is 215 g/mol. The van der Waals surface area contributed by atoms with E-state index < -0.39 is 6.10 Å². The van der Waals surface area contributed by atoms with Crippen molar-refractivity contribution in [3.63, 3.8) is 0 Å². The second-order valence-corrected chi connectivity index (χ2v) is 4.01. The smallest absolute Gasteiger partial charge is 0.123 e. The zero-order valence-corrected chi connectivity index (χ0v) is 9.73. The van der Waals surface area contributed by atoms with Crippen LogP contribution < -0.4 is 0 Å². The quantitative estimate of drug-likeness (QED) is 0.856. The number of hydrogen-bond donors (Lipinski definition) is 1. The number of benzene rings is 2. The molecule has 2 aromatic carbocycles. The van der Waals surface area contributed by atoms with Crippen molar-refractivity contribution in [1.29, 1.82) is 0 Å². The van der Waals surface area contributed by atoms with Crippen LogP contribution in [0, 0.1) is 5.82 Å². The first kappa shape index (κ1) is 11.8. The van der Waals surface area contributed by atoms with Gasteiger partial charge in [-0.1, -0.05) is 43.3 Å². The Morgan fingerprint density at radius 1 is 1.12 bits per heavy atom. The highest BCUT2D eigenvalue weighted by Gasteiger charge is 2.13. The molecule has 17 heavy (non-hydrogen) atoms. The first-order valence-corrected chi connectivity index (χ1v) is 5.73. The number of halogens is 1. The molecule has 0 aliphatic rings. The van der Waals surface area contributed by atoms with Gasteiger partial charge in [0.25, 0.3) is 0 Å². The largest absolute Gasteiger partial charge is 0.384 e. The predicted molar refractivity (Wildman–Crippen MR) is 66.3 cm³/mol. The van der Waals surface area contributed by atoms with Crippen LogP contribution in [0.2, 0.25) is 0 Å². The van der Waals surface area contributed by atoms with Crippen molar-refractivity contribution in [2.24, 2.45) is 0 Å². The normalized spacial score (nSPS) is 12.4. The number of aliphatic hydroxyl groups excluding tert-OH is 1.